The van der Waals surface area contributed by atoms with Gasteiger partial charge in [-0.3, -0.25) is 14.6 Å². The van der Waals surface area contributed by atoms with Gasteiger partial charge in [0.25, 0.3) is 5.91 Å². The van der Waals surface area contributed by atoms with Crippen molar-refractivity contribution in [3.05, 3.63) is 65.5 Å². The van der Waals surface area contributed by atoms with Gasteiger partial charge in [0.1, 0.15) is 5.92 Å². The third kappa shape index (κ3) is 2.77. The minimum absolute atomic E-state index is 0.120. The zero-order valence-corrected chi connectivity index (χ0v) is 13.7. The number of fused-ring (bicyclic) bond motifs is 1. The summed E-state index contributed by atoms with van der Waals surface area (Å²) >= 11 is 0. The van der Waals surface area contributed by atoms with Crippen molar-refractivity contribution < 1.29 is 14.7 Å². The molecule has 124 valence electrons. The Morgan fingerprint density at radius 1 is 1.25 bits per heavy atom. The number of aromatic nitrogens is 1. The van der Waals surface area contributed by atoms with E-state index < -0.39 is 17.9 Å². The van der Waals surface area contributed by atoms with Gasteiger partial charge in [-0.05, 0) is 29.2 Å². The number of carbonyl (C=O) groups is 2. The molecule has 1 aliphatic rings. The third-order valence-corrected chi connectivity index (χ3v) is 4.29. The summed E-state index contributed by atoms with van der Waals surface area (Å²) in [6.45, 7) is 4.53. The quantitative estimate of drug-likeness (QED) is 0.938. The van der Waals surface area contributed by atoms with E-state index in [1.807, 2.05) is 19.9 Å². The molecule has 0 aliphatic carbocycles. The number of carboxylic acids is 1. The molecular formula is C19H20N2O3. The van der Waals surface area contributed by atoms with E-state index >= 15 is 0 Å². The van der Waals surface area contributed by atoms with Gasteiger partial charge in [0.15, 0.2) is 0 Å². The lowest BCUT2D eigenvalue weighted by atomic mass is 9.80. The minimum Gasteiger partial charge on any atom is -0.481 e. The number of carbonyl (C=O) groups excluding carboxylic acids is 1. The molecular weight excluding hydrogens is 304 g/mol. The van der Waals surface area contributed by atoms with Crippen LogP contribution >= 0.6 is 0 Å². The lowest BCUT2D eigenvalue weighted by Gasteiger charge is -2.41. The van der Waals surface area contributed by atoms with Gasteiger partial charge >= 0.3 is 5.97 Å². The zero-order valence-electron chi connectivity index (χ0n) is 13.7. The Morgan fingerprint density at radius 3 is 2.62 bits per heavy atom. The second-order valence-electron chi connectivity index (χ2n) is 6.49. The molecule has 3 rings (SSSR count). The third-order valence-electron chi connectivity index (χ3n) is 4.29. The molecule has 2 unspecified atom stereocenters. The maximum Gasteiger partial charge on any atom is 0.313 e. The Balaban J connectivity index is 2.20. The van der Waals surface area contributed by atoms with Crippen LogP contribution in [0.25, 0.3) is 0 Å². The summed E-state index contributed by atoms with van der Waals surface area (Å²) in [4.78, 5) is 30.9. The molecule has 1 aliphatic heterocycles. The van der Waals surface area contributed by atoms with Crippen LogP contribution in [0, 0.1) is 5.92 Å². The predicted molar refractivity (Wildman–Crippen MR) is 89.7 cm³/mol. The van der Waals surface area contributed by atoms with Gasteiger partial charge in [-0.2, -0.15) is 0 Å². The summed E-state index contributed by atoms with van der Waals surface area (Å²) in [5.74, 6) is -1.63. The summed E-state index contributed by atoms with van der Waals surface area (Å²) in [6, 6.07) is 10.0. The highest BCUT2D eigenvalue weighted by Gasteiger charge is 2.44. The van der Waals surface area contributed by atoms with Crippen molar-refractivity contribution in [1.82, 2.24) is 9.88 Å². The molecule has 0 radical (unpaired) electrons. The summed E-state index contributed by atoms with van der Waals surface area (Å²) < 4.78 is 0. The molecule has 0 saturated heterocycles. The smallest absolute Gasteiger partial charge is 0.313 e. The highest BCUT2D eigenvalue weighted by atomic mass is 16.4. The Kier molecular flexibility index (Phi) is 4.34. The Labute approximate surface area is 140 Å². The first kappa shape index (κ1) is 16.2. The zero-order chi connectivity index (χ0) is 17.3. The molecule has 1 amide bonds. The van der Waals surface area contributed by atoms with E-state index in [-0.39, 0.29) is 11.8 Å². The molecule has 24 heavy (non-hydrogen) atoms. The topological polar surface area (TPSA) is 70.5 Å². The lowest BCUT2D eigenvalue weighted by molar-refractivity contribution is -0.140. The number of hydrogen-bond donors (Lipinski definition) is 1. The summed E-state index contributed by atoms with van der Waals surface area (Å²) in [5, 5.41) is 9.90. The summed E-state index contributed by atoms with van der Waals surface area (Å²) in [6.07, 6.45) is 3.29. The number of rotatable bonds is 4. The second-order valence-corrected chi connectivity index (χ2v) is 6.49. The van der Waals surface area contributed by atoms with E-state index in [1.165, 1.54) is 0 Å². The van der Waals surface area contributed by atoms with Gasteiger partial charge in [0.05, 0.1) is 6.04 Å². The molecule has 0 spiro atoms. The Hall–Kier alpha value is -2.69. The predicted octanol–water partition coefficient (Wildman–Crippen LogP) is 3.10. The van der Waals surface area contributed by atoms with Gasteiger partial charge in [-0.25, -0.2) is 0 Å². The number of carboxylic acid groups (broad SMARTS) is 1. The van der Waals surface area contributed by atoms with Crippen molar-refractivity contribution >= 4 is 11.9 Å². The van der Waals surface area contributed by atoms with Gasteiger partial charge in [0, 0.05) is 24.5 Å². The molecule has 5 heteroatoms. The first-order valence-corrected chi connectivity index (χ1v) is 8.03. The fraction of sp³-hybridized carbons (Fsp3) is 0.316. The van der Waals surface area contributed by atoms with Crippen LogP contribution in [0.1, 0.15) is 47.3 Å². The monoisotopic (exact) mass is 324 g/mol. The maximum absolute atomic E-state index is 13.0. The van der Waals surface area contributed by atoms with Crippen LogP contribution in [0.2, 0.25) is 0 Å². The number of hydrogen-bond acceptors (Lipinski definition) is 3. The van der Waals surface area contributed by atoms with Crippen LogP contribution in [0.4, 0.5) is 0 Å². The second kappa shape index (κ2) is 6.43. The highest BCUT2D eigenvalue weighted by Crippen LogP contribution is 2.42. The molecule has 0 saturated carbocycles. The van der Waals surface area contributed by atoms with Crippen molar-refractivity contribution in [2.45, 2.75) is 25.8 Å². The molecule has 1 aromatic carbocycles. The van der Waals surface area contributed by atoms with Crippen LogP contribution < -0.4 is 0 Å². The molecule has 1 aromatic heterocycles. The van der Waals surface area contributed by atoms with Crippen LogP contribution in [-0.2, 0) is 4.79 Å². The lowest BCUT2D eigenvalue weighted by Crippen LogP contribution is -2.46. The molecule has 2 atom stereocenters. The molecule has 0 fully saturated rings. The van der Waals surface area contributed by atoms with Gasteiger partial charge < -0.3 is 10.0 Å². The molecule has 1 N–H and O–H groups in total. The van der Waals surface area contributed by atoms with E-state index in [0.29, 0.717) is 17.7 Å². The van der Waals surface area contributed by atoms with Gasteiger partial charge in [0.2, 0.25) is 0 Å². The van der Waals surface area contributed by atoms with E-state index in [0.717, 1.165) is 5.56 Å². The van der Waals surface area contributed by atoms with E-state index in [4.69, 9.17) is 0 Å². The summed E-state index contributed by atoms with van der Waals surface area (Å²) in [7, 11) is 0. The standard InChI is InChI=1S/C19H20N2O3/c1-12(2)11-21-17(13-6-5-9-20-10-13)16(19(23)24)14-7-3-4-8-15(14)18(21)22/h3-10,12,16-17H,11H2,1-2H3,(H,23,24). The average Bonchev–Trinajstić information content (AvgIpc) is 2.57. The Bertz CT molecular complexity index is 758. The molecule has 5 nitrogen and oxygen atoms in total. The van der Waals surface area contributed by atoms with Crippen LogP contribution in [-0.4, -0.2) is 33.4 Å². The normalized spacial score (nSPS) is 20.1. The maximum atomic E-state index is 13.0. The summed E-state index contributed by atoms with van der Waals surface area (Å²) in [5.41, 5.74) is 1.79. The van der Waals surface area contributed by atoms with Crippen molar-refractivity contribution in [3.8, 4) is 0 Å². The van der Waals surface area contributed by atoms with Crippen LogP contribution in [0.15, 0.2) is 48.8 Å². The first-order chi connectivity index (χ1) is 11.5. The van der Waals surface area contributed by atoms with Crippen molar-refractivity contribution in [2.75, 3.05) is 6.54 Å². The fourth-order valence-electron chi connectivity index (χ4n) is 3.38. The van der Waals surface area contributed by atoms with E-state index in [2.05, 4.69) is 4.98 Å². The first-order valence-electron chi connectivity index (χ1n) is 8.03. The van der Waals surface area contributed by atoms with E-state index in [1.54, 1.807) is 47.6 Å². The largest absolute Gasteiger partial charge is 0.481 e. The number of aliphatic carboxylic acids is 1. The highest BCUT2D eigenvalue weighted by molar-refractivity contribution is 6.00. The van der Waals surface area contributed by atoms with Gasteiger partial charge in [-0.15, -0.1) is 0 Å². The van der Waals surface area contributed by atoms with Crippen molar-refractivity contribution in [3.63, 3.8) is 0 Å². The molecule has 2 aromatic rings. The van der Waals surface area contributed by atoms with E-state index in [9.17, 15) is 14.7 Å². The van der Waals surface area contributed by atoms with Crippen LogP contribution in [0.3, 0.4) is 0 Å². The minimum atomic E-state index is -0.933. The Morgan fingerprint density at radius 2 is 2.00 bits per heavy atom. The van der Waals surface area contributed by atoms with Crippen LogP contribution in [0.5, 0.6) is 0 Å². The SMILES string of the molecule is CC(C)CN1C(=O)c2ccccc2C(C(=O)O)C1c1cccnc1. The number of amides is 1. The molecule has 0 bridgehead atoms. The number of benzene rings is 1. The fourth-order valence-corrected chi connectivity index (χ4v) is 3.38. The van der Waals surface area contributed by atoms with Crippen molar-refractivity contribution in [1.29, 1.82) is 0 Å². The number of nitrogens with zero attached hydrogens (tertiary/aromatic N) is 2. The molecule has 2 heterocycles. The number of pyridine rings is 1. The van der Waals surface area contributed by atoms with Crippen molar-refractivity contribution in [2.24, 2.45) is 5.92 Å². The average molecular weight is 324 g/mol. The van der Waals surface area contributed by atoms with Gasteiger partial charge in [-0.1, -0.05) is 38.1 Å².